The molecule has 0 aliphatic heterocycles. The van der Waals surface area contributed by atoms with Crippen LogP contribution in [0.1, 0.15) is 10.6 Å². The highest BCUT2D eigenvalue weighted by molar-refractivity contribution is 6.02. The highest BCUT2D eigenvalue weighted by Crippen LogP contribution is 2.29. The van der Waals surface area contributed by atoms with Gasteiger partial charge in [-0.1, -0.05) is 30.3 Å². The van der Waals surface area contributed by atoms with Gasteiger partial charge in [0, 0.05) is 11.6 Å². The number of hydrogen-bond acceptors (Lipinski definition) is 5. The number of amides is 1. The molecular weight excluding hydrogens is 399 g/mol. The van der Waals surface area contributed by atoms with E-state index in [2.05, 4.69) is 15.4 Å². The summed E-state index contributed by atoms with van der Waals surface area (Å²) in [6.07, 6.45) is 0. The van der Waals surface area contributed by atoms with Crippen LogP contribution in [0.2, 0.25) is 0 Å². The molecule has 31 heavy (non-hydrogen) atoms. The molecule has 7 nitrogen and oxygen atoms in total. The van der Waals surface area contributed by atoms with Crippen LogP contribution in [0.25, 0.3) is 17.1 Å². The first-order valence-corrected chi connectivity index (χ1v) is 9.41. The van der Waals surface area contributed by atoms with E-state index in [0.29, 0.717) is 28.7 Å². The quantitative estimate of drug-likeness (QED) is 0.504. The molecule has 0 spiro atoms. The lowest BCUT2D eigenvalue weighted by Crippen LogP contribution is -2.15. The second-order valence-corrected chi connectivity index (χ2v) is 6.53. The minimum atomic E-state index is -0.512. The summed E-state index contributed by atoms with van der Waals surface area (Å²) in [6.45, 7) is 0. The van der Waals surface area contributed by atoms with Gasteiger partial charge in [0.05, 0.1) is 25.6 Å². The van der Waals surface area contributed by atoms with Crippen LogP contribution >= 0.6 is 0 Å². The van der Waals surface area contributed by atoms with Crippen LogP contribution in [0.4, 0.5) is 10.1 Å². The van der Waals surface area contributed by atoms with Gasteiger partial charge in [0.1, 0.15) is 17.3 Å². The number of carbonyl (C=O) groups excluding carboxylic acids is 1. The summed E-state index contributed by atoms with van der Waals surface area (Å²) in [7, 11) is 3.05. The molecule has 1 heterocycles. The number of methoxy groups -OCH3 is 2. The van der Waals surface area contributed by atoms with Gasteiger partial charge in [-0.2, -0.15) is 0 Å². The summed E-state index contributed by atoms with van der Waals surface area (Å²) in [5, 5.41) is 7.14. The van der Waals surface area contributed by atoms with Crippen molar-refractivity contribution >= 4 is 11.6 Å². The topological polar surface area (TPSA) is 78.3 Å². The second kappa shape index (κ2) is 8.66. The number of aromatic nitrogens is 3. The molecule has 1 amide bonds. The Kier molecular flexibility index (Phi) is 5.61. The van der Waals surface area contributed by atoms with Crippen molar-refractivity contribution in [1.29, 1.82) is 0 Å². The van der Waals surface area contributed by atoms with Crippen molar-refractivity contribution in [2.75, 3.05) is 19.5 Å². The molecule has 8 heteroatoms. The minimum absolute atomic E-state index is 0.0407. The van der Waals surface area contributed by atoms with Crippen molar-refractivity contribution in [2.45, 2.75) is 0 Å². The molecule has 0 saturated heterocycles. The van der Waals surface area contributed by atoms with Crippen LogP contribution in [-0.2, 0) is 0 Å². The maximum atomic E-state index is 13.4. The molecule has 0 unspecified atom stereocenters. The first kappa shape index (κ1) is 20.1. The third-order valence-electron chi connectivity index (χ3n) is 4.57. The zero-order valence-electron chi connectivity index (χ0n) is 16.9. The Morgan fingerprint density at radius 1 is 0.968 bits per heavy atom. The molecule has 0 fully saturated rings. The SMILES string of the molecule is COc1ccc(NC(=O)c2nc(-c3ccccc3)n(-c3ccc(F)cc3)n2)c(OC)c1. The van der Waals surface area contributed by atoms with Gasteiger partial charge in [0.25, 0.3) is 5.91 Å². The van der Waals surface area contributed by atoms with Gasteiger partial charge in [-0.25, -0.2) is 14.1 Å². The first-order chi connectivity index (χ1) is 15.1. The summed E-state index contributed by atoms with van der Waals surface area (Å²) < 4.78 is 25.4. The molecule has 0 bridgehead atoms. The van der Waals surface area contributed by atoms with Crippen molar-refractivity contribution in [2.24, 2.45) is 0 Å². The minimum Gasteiger partial charge on any atom is -0.497 e. The number of hydrogen-bond donors (Lipinski definition) is 1. The van der Waals surface area contributed by atoms with Crippen molar-refractivity contribution in [3.63, 3.8) is 0 Å². The number of nitrogens with one attached hydrogen (secondary N) is 1. The summed E-state index contributed by atoms with van der Waals surface area (Å²) in [6, 6.07) is 20.2. The fourth-order valence-electron chi connectivity index (χ4n) is 3.02. The molecule has 0 atom stereocenters. The number of nitrogens with zero attached hydrogens (tertiary/aromatic N) is 3. The lowest BCUT2D eigenvalue weighted by molar-refractivity contribution is 0.101. The number of halogens is 1. The van der Waals surface area contributed by atoms with Crippen molar-refractivity contribution in [3.8, 4) is 28.6 Å². The van der Waals surface area contributed by atoms with E-state index in [-0.39, 0.29) is 11.6 Å². The molecule has 0 aliphatic rings. The third kappa shape index (κ3) is 4.23. The first-order valence-electron chi connectivity index (χ1n) is 9.41. The van der Waals surface area contributed by atoms with Crippen LogP contribution in [0.3, 0.4) is 0 Å². The monoisotopic (exact) mass is 418 g/mol. The maximum Gasteiger partial charge on any atom is 0.295 e. The normalized spacial score (nSPS) is 10.5. The highest BCUT2D eigenvalue weighted by atomic mass is 19.1. The Balaban J connectivity index is 1.72. The van der Waals surface area contributed by atoms with Gasteiger partial charge in [0.2, 0.25) is 5.82 Å². The fraction of sp³-hybridized carbons (Fsp3) is 0.0870. The molecule has 0 radical (unpaired) electrons. The highest BCUT2D eigenvalue weighted by Gasteiger charge is 2.20. The predicted molar refractivity (Wildman–Crippen MR) is 114 cm³/mol. The molecule has 0 aliphatic carbocycles. The van der Waals surface area contributed by atoms with E-state index in [4.69, 9.17) is 9.47 Å². The summed E-state index contributed by atoms with van der Waals surface area (Å²) in [5.41, 5.74) is 1.79. The number of ether oxygens (including phenoxy) is 2. The van der Waals surface area contributed by atoms with E-state index in [0.717, 1.165) is 5.56 Å². The number of benzene rings is 3. The Morgan fingerprint density at radius 3 is 2.39 bits per heavy atom. The summed E-state index contributed by atoms with van der Waals surface area (Å²) >= 11 is 0. The largest absolute Gasteiger partial charge is 0.497 e. The average molecular weight is 418 g/mol. The van der Waals surface area contributed by atoms with Gasteiger partial charge in [-0.3, -0.25) is 4.79 Å². The van der Waals surface area contributed by atoms with Crippen LogP contribution < -0.4 is 14.8 Å². The van der Waals surface area contributed by atoms with Crippen LogP contribution in [0.15, 0.2) is 72.8 Å². The lowest BCUT2D eigenvalue weighted by atomic mass is 10.2. The standard InChI is InChI=1S/C23H19FN4O3/c1-30-18-12-13-19(20(14-18)31-2)25-23(29)21-26-22(15-6-4-3-5-7-15)28(27-21)17-10-8-16(24)9-11-17/h3-14H,1-2H3,(H,25,29). The lowest BCUT2D eigenvalue weighted by Gasteiger charge is -2.10. The zero-order valence-corrected chi connectivity index (χ0v) is 16.9. The van der Waals surface area contributed by atoms with Gasteiger partial charge in [0.15, 0.2) is 5.82 Å². The molecular formula is C23H19FN4O3. The average Bonchev–Trinajstić information content (AvgIpc) is 3.26. The predicted octanol–water partition coefficient (Wildman–Crippen LogP) is 4.34. The molecule has 156 valence electrons. The van der Waals surface area contributed by atoms with E-state index in [1.54, 1.807) is 37.4 Å². The second-order valence-electron chi connectivity index (χ2n) is 6.53. The van der Waals surface area contributed by atoms with Gasteiger partial charge in [-0.05, 0) is 36.4 Å². The van der Waals surface area contributed by atoms with E-state index in [1.165, 1.54) is 23.9 Å². The number of carbonyl (C=O) groups is 1. The molecule has 0 saturated carbocycles. The van der Waals surface area contributed by atoms with Gasteiger partial charge in [-0.15, -0.1) is 5.10 Å². The Bertz CT molecular complexity index is 1210. The Morgan fingerprint density at radius 2 is 1.71 bits per heavy atom. The Hall–Kier alpha value is -4.20. The summed E-state index contributed by atoms with van der Waals surface area (Å²) in [5.74, 6) is 0.574. The fourth-order valence-corrected chi connectivity index (χ4v) is 3.02. The van der Waals surface area contributed by atoms with E-state index < -0.39 is 5.91 Å². The molecule has 1 aromatic heterocycles. The van der Waals surface area contributed by atoms with Gasteiger partial charge < -0.3 is 14.8 Å². The van der Waals surface area contributed by atoms with Crippen molar-refractivity contribution in [1.82, 2.24) is 14.8 Å². The van der Waals surface area contributed by atoms with Crippen LogP contribution in [0.5, 0.6) is 11.5 Å². The van der Waals surface area contributed by atoms with Gasteiger partial charge >= 0.3 is 0 Å². The number of anilines is 1. The van der Waals surface area contributed by atoms with Crippen molar-refractivity contribution in [3.05, 3.63) is 84.4 Å². The Labute approximate surface area is 178 Å². The van der Waals surface area contributed by atoms with Crippen LogP contribution in [-0.4, -0.2) is 34.9 Å². The van der Waals surface area contributed by atoms with E-state index >= 15 is 0 Å². The smallest absolute Gasteiger partial charge is 0.295 e. The summed E-state index contributed by atoms with van der Waals surface area (Å²) in [4.78, 5) is 17.4. The molecule has 3 aromatic carbocycles. The number of rotatable bonds is 6. The molecule has 1 N–H and O–H groups in total. The zero-order chi connectivity index (χ0) is 21.8. The third-order valence-corrected chi connectivity index (χ3v) is 4.57. The van der Waals surface area contributed by atoms with Crippen LogP contribution in [0, 0.1) is 5.82 Å². The van der Waals surface area contributed by atoms with Crippen molar-refractivity contribution < 1.29 is 18.7 Å². The maximum absolute atomic E-state index is 13.4. The van der Waals surface area contributed by atoms with E-state index in [9.17, 15) is 9.18 Å². The van der Waals surface area contributed by atoms with E-state index in [1.807, 2.05) is 30.3 Å². The molecule has 4 aromatic rings. The molecule has 4 rings (SSSR count).